The van der Waals surface area contributed by atoms with Crippen LogP contribution in [0.3, 0.4) is 0 Å². The maximum absolute atomic E-state index is 11.9. The second kappa shape index (κ2) is 11.9. The van der Waals surface area contributed by atoms with Gasteiger partial charge in [0, 0.05) is 64.0 Å². The Morgan fingerprint density at radius 3 is 2.54 bits per heavy atom. The number of aromatic nitrogens is 3. The minimum atomic E-state index is -3.45. The van der Waals surface area contributed by atoms with Crippen LogP contribution in [-0.2, 0) is 26.1 Å². The van der Waals surface area contributed by atoms with E-state index in [2.05, 4.69) is 21.4 Å². The number of ether oxygens (including phenoxy) is 3. The van der Waals surface area contributed by atoms with Gasteiger partial charge in [0.2, 0.25) is 5.88 Å². The maximum atomic E-state index is 11.9. The maximum Gasteiger partial charge on any atom is 0.276 e. The number of hydrogen-bond donors (Lipinski definition) is 2. The third kappa shape index (κ3) is 6.85. The summed E-state index contributed by atoms with van der Waals surface area (Å²) in [6.45, 7) is 4.16. The van der Waals surface area contributed by atoms with E-state index in [-0.39, 0.29) is 18.1 Å². The summed E-state index contributed by atoms with van der Waals surface area (Å²) >= 11 is 0. The summed E-state index contributed by atoms with van der Waals surface area (Å²) in [4.78, 5) is 14.3. The fourth-order valence-corrected chi connectivity index (χ4v) is 5.74. The molecule has 1 saturated heterocycles. The first-order valence-electron chi connectivity index (χ1n) is 12.5. The highest BCUT2D eigenvalue weighted by Gasteiger charge is 2.28. The Kier molecular flexibility index (Phi) is 8.87. The molecule has 1 aliphatic heterocycles. The van der Waals surface area contributed by atoms with Crippen LogP contribution >= 0.6 is 0 Å². The van der Waals surface area contributed by atoms with Crippen molar-refractivity contribution in [1.82, 2.24) is 24.4 Å². The van der Waals surface area contributed by atoms with Crippen LogP contribution in [0.1, 0.15) is 62.8 Å². The molecule has 194 valence electrons. The van der Waals surface area contributed by atoms with Crippen LogP contribution in [0.25, 0.3) is 10.9 Å². The SMILES string of the molecule is CNS(=O)(=O)NC1CCC(c2cnc(OC3CCOCC3)c3cnc(C[C@@H](C)COC)nc23)CC1. The lowest BCUT2D eigenvalue weighted by Gasteiger charge is -2.29. The monoisotopic (exact) mass is 507 g/mol. The van der Waals surface area contributed by atoms with Crippen LogP contribution in [0.2, 0.25) is 0 Å². The topological polar surface area (TPSA) is 125 Å². The molecule has 2 N–H and O–H groups in total. The van der Waals surface area contributed by atoms with Gasteiger partial charge >= 0.3 is 0 Å². The molecule has 0 radical (unpaired) electrons. The highest BCUT2D eigenvalue weighted by atomic mass is 32.2. The third-order valence-electron chi connectivity index (χ3n) is 6.85. The molecule has 1 atom stereocenters. The van der Waals surface area contributed by atoms with Crippen molar-refractivity contribution in [2.24, 2.45) is 5.92 Å². The van der Waals surface area contributed by atoms with E-state index >= 15 is 0 Å². The highest BCUT2D eigenvalue weighted by Crippen LogP contribution is 2.38. The molecule has 35 heavy (non-hydrogen) atoms. The number of hydrogen-bond acceptors (Lipinski definition) is 8. The predicted octanol–water partition coefficient (Wildman–Crippen LogP) is 2.49. The van der Waals surface area contributed by atoms with E-state index < -0.39 is 10.2 Å². The number of nitrogens with zero attached hydrogens (tertiary/aromatic N) is 3. The Morgan fingerprint density at radius 2 is 1.86 bits per heavy atom. The third-order valence-corrected chi connectivity index (χ3v) is 8.03. The normalized spacial score (nSPS) is 22.8. The van der Waals surface area contributed by atoms with E-state index in [0.717, 1.165) is 67.2 Å². The Labute approximate surface area is 207 Å². The van der Waals surface area contributed by atoms with Crippen LogP contribution in [-0.4, -0.2) is 69.5 Å². The lowest BCUT2D eigenvalue weighted by molar-refractivity contribution is 0.0244. The molecule has 0 spiro atoms. The molecule has 0 amide bonds. The molecule has 2 fully saturated rings. The molecule has 4 rings (SSSR count). The molecule has 0 bridgehead atoms. The fraction of sp³-hybridized carbons (Fsp3) is 0.708. The molecule has 1 aliphatic carbocycles. The molecule has 3 heterocycles. The Hall–Kier alpha value is -1.92. The zero-order chi connectivity index (χ0) is 24.8. The fourth-order valence-electron chi connectivity index (χ4n) is 4.95. The van der Waals surface area contributed by atoms with E-state index in [9.17, 15) is 8.42 Å². The van der Waals surface area contributed by atoms with Gasteiger partial charge in [-0.15, -0.1) is 0 Å². The first kappa shape index (κ1) is 26.2. The van der Waals surface area contributed by atoms with E-state index in [4.69, 9.17) is 24.2 Å². The minimum Gasteiger partial charge on any atom is -0.474 e. The number of nitrogens with one attached hydrogen (secondary N) is 2. The first-order chi connectivity index (χ1) is 16.9. The number of methoxy groups -OCH3 is 1. The van der Waals surface area contributed by atoms with Gasteiger partial charge in [-0.2, -0.15) is 13.1 Å². The summed E-state index contributed by atoms with van der Waals surface area (Å²) in [5.41, 5.74) is 1.97. The van der Waals surface area contributed by atoms with E-state index in [0.29, 0.717) is 31.6 Å². The zero-order valence-electron chi connectivity index (χ0n) is 20.8. The largest absolute Gasteiger partial charge is 0.474 e. The molecule has 10 nitrogen and oxygen atoms in total. The molecule has 0 aromatic carbocycles. The average molecular weight is 508 g/mol. The molecule has 11 heteroatoms. The molecule has 1 saturated carbocycles. The lowest BCUT2D eigenvalue weighted by Crippen LogP contribution is -2.42. The van der Waals surface area contributed by atoms with Gasteiger partial charge in [0.15, 0.2) is 0 Å². The van der Waals surface area contributed by atoms with Gasteiger partial charge in [0.05, 0.1) is 24.1 Å². The quantitative estimate of drug-likeness (QED) is 0.503. The van der Waals surface area contributed by atoms with Crippen LogP contribution in [0.5, 0.6) is 5.88 Å². The summed E-state index contributed by atoms with van der Waals surface area (Å²) in [5.74, 6) is 1.90. The molecular weight excluding hydrogens is 470 g/mol. The zero-order valence-corrected chi connectivity index (χ0v) is 21.6. The number of fused-ring (bicyclic) bond motifs is 1. The standard InChI is InChI=1S/C24H37N5O5S/c1-16(15-32-3)12-22-26-14-21-23(28-22)20(13-27-24(21)34-19-8-10-33-11-9-19)17-4-6-18(7-5-17)29-35(30,31)25-2/h13-14,16-19,25,29H,4-12,15H2,1-3H3/t16-,17?,18?/m1/s1. The predicted molar refractivity (Wildman–Crippen MR) is 133 cm³/mol. The second-order valence-corrected chi connectivity index (χ2v) is 11.3. The molecule has 0 unspecified atom stereocenters. The van der Waals surface area contributed by atoms with Crippen LogP contribution < -0.4 is 14.2 Å². The van der Waals surface area contributed by atoms with Crippen molar-refractivity contribution >= 4 is 21.1 Å². The second-order valence-electron chi connectivity index (χ2n) is 9.64. The van der Waals surface area contributed by atoms with Crippen molar-refractivity contribution in [2.45, 2.75) is 69.9 Å². The summed E-state index contributed by atoms with van der Waals surface area (Å²) in [6, 6.07) is -0.0702. The van der Waals surface area contributed by atoms with Gasteiger partial charge < -0.3 is 14.2 Å². The van der Waals surface area contributed by atoms with E-state index in [1.807, 2.05) is 12.4 Å². The van der Waals surface area contributed by atoms with Crippen LogP contribution in [0, 0.1) is 5.92 Å². The van der Waals surface area contributed by atoms with Gasteiger partial charge in [0.25, 0.3) is 10.2 Å². The van der Waals surface area contributed by atoms with Gasteiger partial charge in [0.1, 0.15) is 11.9 Å². The minimum absolute atomic E-state index is 0.0702. The molecule has 2 aliphatic rings. The van der Waals surface area contributed by atoms with Crippen molar-refractivity contribution in [2.75, 3.05) is 34.0 Å². The summed E-state index contributed by atoms with van der Waals surface area (Å²) < 4.78 is 45.9. The molecular formula is C24H37N5O5S. The van der Waals surface area contributed by atoms with Crippen molar-refractivity contribution in [3.63, 3.8) is 0 Å². The Morgan fingerprint density at radius 1 is 1.11 bits per heavy atom. The van der Waals surface area contributed by atoms with Crippen molar-refractivity contribution in [1.29, 1.82) is 0 Å². The van der Waals surface area contributed by atoms with Gasteiger partial charge in [-0.05, 0) is 37.5 Å². The molecule has 2 aromatic rings. The van der Waals surface area contributed by atoms with E-state index in [1.54, 1.807) is 7.11 Å². The average Bonchev–Trinajstić information content (AvgIpc) is 2.85. The Balaban J connectivity index is 1.59. The van der Waals surface area contributed by atoms with Crippen molar-refractivity contribution < 1.29 is 22.6 Å². The highest BCUT2D eigenvalue weighted by molar-refractivity contribution is 7.87. The van der Waals surface area contributed by atoms with Crippen LogP contribution in [0.4, 0.5) is 0 Å². The smallest absolute Gasteiger partial charge is 0.276 e. The van der Waals surface area contributed by atoms with Crippen LogP contribution in [0.15, 0.2) is 12.4 Å². The van der Waals surface area contributed by atoms with Crippen molar-refractivity contribution in [3.8, 4) is 5.88 Å². The van der Waals surface area contributed by atoms with E-state index in [1.165, 1.54) is 7.05 Å². The lowest BCUT2D eigenvalue weighted by atomic mass is 9.82. The summed E-state index contributed by atoms with van der Waals surface area (Å²) in [7, 11) is -0.326. The molecule has 2 aromatic heterocycles. The van der Waals surface area contributed by atoms with Gasteiger partial charge in [-0.3, -0.25) is 0 Å². The van der Waals surface area contributed by atoms with Crippen molar-refractivity contribution in [3.05, 3.63) is 23.8 Å². The number of pyridine rings is 1. The summed E-state index contributed by atoms with van der Waals surface area (Å²) in [5, 5.41) is 0.829. The van der Waals surface area contributed by atoms with Gasteiger partial charge in [-0.25, -0.2) is 19.7 Å². The van der Waals surface area contributed by atoms with Gasteiger partial charge in [-0.1, -0.05) is 6.92 Å². The number of rotatable bonds is 10. The summed E-state index contributed by atoms with van der Waals surface area (Å²) in [6.07, 6.45) is 9.44. The first-order valence-corrected chi connectivity index (χ1v) is 14.0. The Bertz CT molecular complexity index is 1090.